The van der Waals surface area contributed by atoms with Gasteiger partial charge < -0.3 is 10.4 Å². The van der Waals surface area contributed by atoms with Crippen LogP contribution in [0.15, 0.2) is 29.2 Å². The zero-order chi connectivity index (χ0) is 18.6. The molecule has 1 heterocycles. The zero-order valence-electron chi connectivity index (χ0n) is 15.1. The number of piperidine rings is 1. The summed E-state index contributed by atoms with van der Waals surface area (Å²) in [6.45, 7) is 1.66. The number of benzene rings is 1. The van der Waals surface area contributed by atoms with Crippen LogP contribution in [0, 0.1) is 5.41 Å². The molecule has 0 atom stereocenters. The number of hydrogen-bond acceptors (Lipinski definition) is 4. The lowest BCUT2D eigenvalue weighted by molar-refractivity contribution is 0.0880. The van der Waals surface area contributed by atoms with Gasteiger partial charge in [-0.05, 0) is 49.9 Å². The minimum atomic E-state index is -3.48. The van der Waals surface area contributed by atoms with Gasteiger partial charge in [0.2, 0.25) is 10.0 Å². The third-order valence-corrected chi connectivity index (χ3v) is 7.61. The van der Waals surface area contributed by atoms with Gasteiger partial charge in [0.1, 0.15) is 0 Å². The number of carbonyl (C=O) groups excluding carboxylic acids is 1. The summed E-state index contributed by atoms with van der Waals surface area (Å²) in [4.78, 5) is 12.6. The van der Waals surface area contributed by atoms with E-state index in [1.807, 2.05) is 0 Å². The van der Waals surface area contributed by atoms with Crippen LogP contribution in [0.5, 0.6) is 0 Å². The maximum Gasteiger partial charge on any atom is 0.251 e. The fourth-order valence-corrected chi connectivity index (χ4v) is 5.44. The summed E-state index contributed by atoms with van der Waals surface area (Å²) >= 11 is 0. The first-order valence-corrected chi connectivity index (χ1v) is 10.9. The number of amides is 1. The van der Waals surface area contributed by atoms with Crippen LogP contribution in [0.4, 0.5) is 0 Å². The molecule has 1 aromatic rings. The highest BCUT2D eigenvalue weighted by atomic mass is 32.2. The second-order valence-corrected chi connectivity index (χ2v) is 9.47. The Morgan fingerprint density at radius 2 is 1.65 bits per heavy atom. The van der Waals surface area contributed by atoms with Crippen LogP contribution >= 0.6 is 0 Å². The first-order valence-electron chi connectivity index (χ1n) is 9.46. The van der Waals surface area contributed by atoms with Crippen molar-refractivity contribution in [1.82, 2.24) is 9.62 Å². The number of aliphatic hydroxyl groups excluding tert-OH is 1. The SMILES string of the molecule is O=C(NCC1(CO)CCCC1)c1ccc(S(=O)(=O)N2CCCCC2)cc1. The minimum Gasteiger partial charge on any atom is -0.396 e. The van der Waals surface area contributed by atoms with Gasteiger partial charge in [0.05, 0.1) is 11.5 Å². The van der Waals surface area contributed by atoms with E-state index in [1.165, 1.54) is 16.4 Å². The Balaban J connectivity index is 1.64. The molecule has 3 rings (SSSR count). The summed E-state index contributed by atoms with van der Waals surface area (Å²) in [7, 11) is -3.48. The van der Waals surface area contributed by atoms with E-state index in [1.54, 1.807) is 12.1 Å². The van der Waals surface area contributed by atoms with Crippen LogP contribution in [0.2, 0.25) is 0 Å². The van der Waals surface area contributed by atoms with Gasteiger partial charge in [0.25, 0.3) is 5.91 Å². The Morgan fingerprint density at radius 1 is 1.04 bits per heavy atom. The van der Waals surface area contributed by atoms with Crippen molar-refractivity contribution < 1.29 is 18.3 Å². The topological polar surface area (TPSA) is 86.7 Å². The molecular weight excluding hydrogens is 352 g/mol. The van der Waals surface area contributed by atoms with Gasteiger partial charge in [-0.1, -0.05) is 19.3 Å². The molecular formula is C19H28N2O4S. The highest BCUT2D eigenvalue weighted by molar-refractivity contribution is 7.89. The molecule has 0 unspecified atom stereocenters. The number of hydrogen-bond donors (Lipinski definition) is 2. The van der Waals surface area contributed by atoms with E-state index < -0.39 is 10.0 Å². The summed E-state index contributed by atoms with van der Waals surface area (Å²) in [5, 5.41) is 12.5. The second kappa shape index (κ2) is 8.06. The predicted molar refractivity (Wildman–Crippen MR) is 99.4 cm³/mol. The van der Waals surface area contributed by atoms with E-state index >= 15 is 0 Å². The summed E-state index contributed by atoms with van der Waals surface area (Å²) in [6.07, 6.45) is 6.88. The summed E-state index contributed by atoms with van der Waals surface area (Å²) in [5.41, 5.74) is 0.237. The van der Waals surface area contributed by atoms with Gasteiger partial charge in [-0.25, -0.2) is 8.42 Å². The van der Waals surface area contributed by atoms with Crippen LogP contribution < -0.4 is 5.32 Å². The Bertz CT molecular complexity index is 718. The maximum atomic E-state index is 12.6. The third kappa shape index (κ3) is 4.10. The lowest BCUT2D eigenvalue weighted by Crippen LogP contribution is -2.38. The normalized spacial score (nSPS) is 20.8. The molecule has 6 nitrogen and oxygen atoms in total. The number of carbonyl (C=O) groups is 1. The largest absolute Gasteiger partial charge is 0.396 e. The molecule has 1 aliphatic heterocycles. The Kier molecular flexibility index (Phi) is 5.99. The fourth-order valence-electron chi connectivity index (χ4n) is 3.92. The Morgan fingerprint density at radius 3 is 2.23 bits per heavy atom. The van der Waals surface area contributed by atoms with Gasteiger partial charge >= 0.3 is 0 Å². The molecule has 1 saturated heterocycles. The predicted octanol–water partition coefficient (Wildman–Crippen LogP) is 2.14. The van der Waals surface area contributed by atoms with E-state index in [0.29, 0.717) is 25.2 Å². The van der Waals surface area contributed by atoms with E-state index in [-0.39, 0.29) is 22.8 Å². The third-order valence-electron chi connectivity index (χ3n) is 5.69. The van der Waals surface area contributed by atoms with Crippen LogP contribution in [0.25, 0.3) is 0 Å². The summed E-state index contributed by atoms with van der Waals surface area (Å²) in [5.74, 6) is -0.230. The lowest BCUT2D eigenvalue weighted by Gasteiger charge is -2.26. The molecule has 26 heavy (non-hydrogen) atoms. The quantitative estimate of drug-likeness (QED) is 0.792. The van der Waals surface area contributed by atoms with Crippen molar-refractivity contribution in [2.24, 2.45) is 5.41 Å². The highest BCUT2D eigenvalue weighted by Gasteiger charge is 2.33. The molecule has 1 saturated carbocycles. The van der Waals surface area contributed by atoms with E-state index in [2.05, 4.69) is 5.32 Å². The molecule has 1 amide bonds. The number of rotatable bonds is 6. The van der Waals surface area contributed by atoms with Gasteiger partial charge in [-0.15, -0.1) is 0 Å². The molecule has 2 N–H and O–H groups in total. The molecule has 144 valence electrons. The van der Waals surface area contributed by atoms with Crippen molar-refractivity contribution in [2.75, 3.05) is 26.2 Å². The fraction of sp³-hybridized carbons (Fsp3) is 0.632. The van der Waals surface area contributed by atoms with Crippen molar-refractivity contribution in [3.8, 4) is 0 Å². The molecule has 0 radical (unpaired) electrons. The molecule has 2 aliphatic rings. The van der Waals surface area contributed by atoms with Crippen molar-refractivity contribution in [2.45, 2.75) is 49.8 Å². The lowest BCUT2D eigenvalue weighted by atomic mass is 9.87. The smallest absolute Gasteiger partial charge is 0.251 e. The standard InChI is InChI=1S/C19H28N2O4S/c22-15-19(10-2-3-11-19)14-20-18(23)16-6-8-17(9-7-16)26(24,25)21-12-4-1-5-13-21/h6-9,22H,1-5,10-15H2,(H,20,23). The molecule has 1 aliphatic carbocycles. The highest BCUT2D eigenvalue weighted by Crippen LogP contribution is 2.36. The average Bonchev–Trinajstić information content (AvgIpc) is 3.16. The van der Waals surface area contributed by atoms with Crippen LogP contribution in [-0.2, 0) is 10.0 Å². The van der Waals surface area contributed by atoms with Crippen molar-refractivity contribution in [1.29, 1.82) is 0 Å². The summed E-state index contributed by atoms with van der Waals surface area (Å²) < 4.78 is 26.8. The molecule has 2 fully saturated rings. The number of nitrogens with one attached hydrogen (secondary N) is 1. The van der Waals surface area contributed by atoms with Crippen LogP contribution in [0.3, 0.4) is 0 Å². The first-order chi connectivity index (χ1) is 12.5. The molecule has 7 heteroatoms. The molecule has 1 aromatic carbocycles. The Hall–Kier alpha value is -1.44. The van der Waals surface area contributed by atoms with Gasteiger partial charge in [0, 0.05) is 30.6 Å². The number of sulfonamides is 1. The first kappa shape index (κ1) is 19.3. The second-order valence-electron chi connectivity index (χ2n) is 7.54. The van der Waals surface area contributed by atoms with E-state index in [0.717, 1.165) is 44.9 Å². The van der Waals surface area contributed by atoms with Crippen molar-refractivity contribution in [3.05, 3.63) is 29.8 Å². The van der Waals surface area contributed by atoms with Gasteiger partial charge in [0.15, 0.2) is 0 Å². The maximum absolute atomic E-state index is 12.6. The van der Waals surface area contributed by atoms with Crippen LogP contribution in [-0.4, -0.2) is 50.0 Å². The Labute approximate surface area is 155 Å². The van der Waals surface area contributed by atoms with E-state index in [4.69, 9.17) is 0 Å². The van der Waals surface area contributed by atoms with E-state index in [9.17, 15) is 18.3 Å². The molecule has 0 spiro atoms. The zero-order valence-corrected chi connectivity index (χ0v) is 15.9. The average molecular weight is 381 g/mol. The molecule has 0 bridgehead atoms. The van der Waals surface area contributed by atoms with Crippen LogP contribution in [0.1, 0.15) is 55.3 Å². The minimum absolute atomic E-state index is 0.0836. The molecule has 0 aromatic heterocycles. The van der Waals surface area contributed by atoms with Gasteiger partial charge in [-0.3, -0.25) is 4.79 Å². The monoisotopic (exact) mass is 380 g/mol. The number of aliphatic hydroxyl groups is 1. The van der Waals surface area contributed by atoms with Crippen molar-refractivity contribution >= 4 is 15.9 Å². The summed E-state index contributed by atoms with van der Waals surface area (Å²) in [6, 6.07) is 6.14. The number of nitrogens with zero attached hydrogens (tertiary/aromatic N) is 1. The van der Waals surface area contributed by atoms with Crippen molar-refractivity contribution in [3.63, 3.8) is 0 Å². The van der Waals surface area contributed by atoms with Gasteiger partial charge in [-0.2, -0.15) is 4.31 Å².